The first-order valence-electron chi connectivity index (χ1n) is 6.09. The Morgan fingerprint density at radius 1 is 1.56 bits per heavy atom. The lowest BCUT2D eigenvalue weighted by Gasteiger charge is -2.22. The van der Waals surface area contributed by atoms with Crippen molar-refractivity contribution in [1.82, 2.24) is 5.32 Å². The second-order valence-electron chi connectivity index (χ2n) is 4.13. The van der Waals surface area contributed by atoms with Gasteiger partial charge in [0.1, 0.15) is 0 Å². The topological polar surface area (TPSA) is 58.7 Å². The van der Waals surface area contributed by atoms with Crippen molar-refractivity contribution in [1.29, 1.82) is 0 Å². The highest BCUT2D eigenvalue weighted by molar-refractivity contribution is 5.97. The Kier molecular flexibility index (Phi) is 4.08. The van der Waals surface area contributed by atoms with Gasteiger partial charge in [-0.3, -0.25) is 9.59 Å². The zero-order chi connectivity index (χ0) is 12.3. The molecule has 1 saturated carbocycles. The molecule has 4 heteroatoms. The van der Waals surface area contributed by atoms with Crippen LogP contribution >= 0.6 is 0 Å². The Labute approximate surface area is 99.7 Å². The van der Waals surface area contributed by atoms with Crippen molar-refractivity contribution in [3.63, 3.8) is 0 Å². The van der Waals surface area contributed by atoms with Gasteiger partial charge in [-0.05, 0) is 19.8 Å². The number of Topliss-reactive ketones (excluding diaryl/α,β-unsaturated/α-hetero) is 1. The van der Waals surface area contributed by atoms with Gasteiger partial charge in [-0.25, -0.2) is 0 Å². The fourth-order valence-corrected chi connectivity index (χ4v) is 2.04. The summed E-state index contributed by atoms with van der Waals surface area (Å²) >= 11 is 0. The van der Waals surface area contributed by atoms with Crippen LogP contribution < -0.4 is 5.32 Å². The molecular formula is C12H25NO3. The first-order valence-corrected chi connectivity index (χ1v) is 6.09. The standard InChI is InChI=1S/C10H15NO3.C2H6.2H2/c1-3-8(12)11-6-4-5-7-10(2,14-7)9(6)13;1-2;;/h6-7H,3-5H2,1-2H3,(H,11,12);1-2H3;2*1H/t6-,7?,10+;;;/m0.../s1. The van der Waals surface area contributed by atoms with Gasteiger partial charge in [-0.1, -0.05) is 20.8 Å². The van der Waals surface area contributed by atoms with Crippen molar-refractivity contribution in [2.24, 2.45) is 0 Å². The minimum absolute atomic E-state index is 0. The predicted octanol–water partition coefficient (Wildman–Crippen LogP) is 1.92. The zero-order valence-electron chi connectivity index (χ0n) is 10.5. The smallest absolute Gasteiger partial charge is 0.220 e. The van der Waals surface area contributed by atoms with E-state index in [0.717, 1.165) is 6.42 Å². The Morgan fingerprint density at radius 2 is 2.19 bits per heavy atom. The van der Waals surface area contributed by atoms with Crippen molar-refractivity contribution in [3.8, 4) is 0 Å². The van der Waals surface area contributed by atoms with Crippen molar-refractivity contribution in [2.45, 2.75) is 64.7 Å². The van der Waals surface area contributed by atoms with Crippen LogP contribution in [0, 0.1) is 0 Å². The maximum absolute atomic E-state index is 11.8. The van der Waals surface area contributed by atoms with E-state index in [1.807, 2.05) is 20.8 Å². The largest absolute Gasteiger partial charge is 0.358 e. The summed E-state index contributed by atoms with van der Waals surface area (Å²) in [5.74, 6) is -0.0263. The fourth-order valence-electron chi connectivity index (χ4n) is 2.04. The summed E-state index contributed by atoms with van der Waals surface area (Å²) in [5, 5.41) is 2.73. The van der Waals surface area contributed by atoms with Crippen LogP contribution in [-0.2, 0) is 14.3 Å². The molecule has 96 valence electrons. The number of hydrogen-bond acceptors (Lipinski definition) is 3. The van der Waals surface area contributed by atoms with Crippen LogP contribution in [0.3, 0.4) is 0 Å². The molecule has 1 aliphatic carbocycles. The van der Waals surface area contributed by atoms with Crippen LogP contribution in [0.4, 0.5) is 0 Å². The van der Waals surface area contributed by atoms with Crippen LogP contribution in [0.15, 0.2) is 0 Å². The number of ketones is 1. The quantitative estimate of drug-likeness (QED) is 0.739. The van der Waals surface area contributed by atoms with Crippen LogP contribution in [0.5, 0.6) is 0 Å². The summed E-state index contributed by atoms with van der Waals surface area (Å²) in [6.07, 6.45) is 2.11. The monoisotopic (exact) mass is 231 g/mol. The lowest BCUT2D eigenvalue weighted by molar-refractivity contribution is -0.130. The summed E-state index contributed by atoms with van der Waals surface area (Å²) < 4.78 is 5.32. The second kappa shape index (κ2) is 4.95. The SMILES string of the molecule is CC.CCC(=O)N[C@H]1CCC2O[C@@]2(C)C1=O.[HH].[HH]. The van der Waals surface area contributed by atoms with Crippen molar-refractivity contribution >= 4 is 11.7 Å². The van der Waals surface area contributed by atoms with E-state index in [0.29, 0.717) is 12.8 Å². The van der Waals surface area contributed by atoms with Crippen molar-refractivity contribution in [3.05, 3.63) is 0 Å². The number of nitrogens with one attached hydrogen (secondary N) is 1. The third-order valence-corrected chi connectivity index (χ3v) is 3.12. The van der Waals surface area contributed by atoms with E-state index in [1.165, 1.54) is 0 Å². The Balaban J connectivity index is 0. The van der Waals surface area contributed by atoms with E-state index < -0.39 is 5.60 Å². The van der Waals surface area contributed by atoms with Crippen LogP contribution in [0.2, 0.25) is 0 Å². The summed E-state index contributed by atoms with van der Waals surface area (Å²) in [6.45, 7) is 7.59. The summed E-state index contributed by atoms with van der Waals surface area (Å²) in [7, 11) is 0. The van der Waals surface area contributed by atoms with Crippen molar-refractivity contribution in [2.75, 3.05) is 0 Å². The van der Waals surface area contributed by atoms with Crippen molar-refractivity contribution < 1.29 is 17.2 Å². The van der Waals surface area contributed by atoms with Gasteiger partial charge in [0, 0.05) is 9.27 Å². The second-order valence-corrected chi connectivity index (χ2v) is 4.13. The molecule has 0 aromatic rings. The maximum atomic E-state index is 11.8. The average molecular weight is 231 g/mol. The predicted molar refractivity (Wildman–Crippen MR) is 65.3 cm³/mol. The highest BCUT2D eigenvalue weighted by Gasteiger charge is 2.62. The van der Waals surface area contributed by atoms with E-state index >= 15 is 0 Å². The van der Waals surface area contributed by atoms with Gasteiger partial charge in [0.15, 0.2) is 11.4 Å². The first kappa shape index (κ1) is 13.2. The Hall–Kier alpha value is -0.900. The van der Waals surface area contributed by atoms with Gasteiger partial charge in [-0.2, -0.15) is 0 Å². The first-order chi connectivity index (χ1) is 7.58. The lowest BCUT2D eigenvalue weighted by atomic mass is 9.85. The number of amides is 1. The molecule has 1 saturated heterocycles. The molecule has 4 nitrogen and oxygen atoms in total. The van der Waals surface area contributed by atoms with Crippen LogP contribution in [0.25, 0.3) is 0 Å². The van der Waals surface area contributed by atoms with E-state index in [2.05, 4.69) is 5.32 Å². The van der Waals surface area contributed by atoms with E-state index in [4.69, 9.17) is 4.74 Å². The third-order valence-electron chi connectivity index (χ3n) is 3.12. The third kappa shape index (κ3) is 2.26. The van der Waals surface area contributed by atoms with Crippen LogP contribution in [0.1, 0.15) is 49.8 Å². The zero-order valence-corrected chi connectivity index (χ0v) is 10.5. The number of rotatable bonds is 2. The number of ether oxygens (including phenoxy) is 1. The number of carbonyl (C=O) groups is 2. The van der Waals surface area contributed by atoms with E-state index in [1.54, 1.807) is 6.92 Å². The molecular weight excluding hydrogens is 206 g/mol. The normalized spacial score (nSPS) is 35.6. The molecule has 0 aromatic heterocycles. The Bertz CT molecular complexity index is 299. The molecule has 2 rings (SSSR count). The lowest BCUT2D eigenvalue weighted by Crippen LogP contribution is -2.49. The fraction of sp³-hybridized carbons (Fsp3) is 0.833. The molecule has 1 unspecified atom stereocenters. The molecule has 2 fully saturated rings. The van der Waals surface area contributed by atoms with E-state index in [9.17, 15) is 9.59 Å². The minimum atomic E-state index is -0.593. The average Bonchev–Trinajstić information content (AvgIpc) is 2.99. The maximum Gasteiger partial charge on any atom is 0.220 e. The number of carbonyl (C=O) groups excluding carboxylic acids is 2. The molecule has 3 atom stereocenters. The molecule has 0 spiro atoms. The highest BCUT2D eigenvalue weighted by Crippen LogP contribution is 2.44. The number of fused-ring (bicyclic) bond motifs is 1. The summed E-state index contributed by atoms with van der Waals surface area (Å²) in [4.78, 5) is 22.9. The molecule has 0 aromatic carbocycles. The summed E-state index contributed by atoms with van der Waals surface area (Å²) in [6, 6.07) is -0.328. The van der Waals surface area contributed by atoms with Gasteiger partial charge in [0.05, 0.1) is 12.1 Å². The number of hydrogen-bond donors (Lipinski definition) is 1. The van der Waals surface area contributed by atoms with Gasteiger partial charge in [0.25, 0.3) is 0 Å². The minimum Gasteiger partial charge on any atom is -0.358 e. The molecule has 0 bridgehead atoms. The number of epoxide rings is 1. The van der Waals surface area contributed by atoms with Gasteiger partial charge in [-0.15, -0.1) is 0 Å². The molecule has 1 heterocycles. The van der Waals surface area contributed by atoms with E-state index in [-0.39, 0.29) is 26.7 Å². The highest BCUT2D eigenvalue weighted by atomic mass is 16.6. The molecule has 16 heavy (non-hydrogen) atoms. The molecule has 0 radical (unpaired) electrons. The molecule has 1 aliphatic heterocycles. The van der Waals surface area contributed by atoms with Gasteiger partial charge in [0.2, 0.25) is 5.91 Å². The summed E-state index contributed by atoms with van der Waals surface area (Å²) in [5.41, 5.74) is -0.593. The van der Waals surface area contributed by atoms with Gasteiger partial charge >= 0.3 is 0 Å². The van der Waals surface area contributed by atoms with Crippen LogP contribution in [-0.4, -0.2) is 29.4 Å². The molecule has 1 N–H and O–H groups in total. The molecule has 2 aliphatic rings. The van der Waals surface area contributed by atoms with Gasteiger partial charge < -0.3 is 10.1 Å². The molecule has 1 amide bonds. The Morgan fingerprint density at radius 3 is 2.75 bits per heavy atom.